The van der Waals surface area contributed by atoms with Gasteiger partial charge in [-0.3, -0.25) is 0 Å². The molecule has 0 amide bonds. The number of hydrazine groups is 1. The highest BCUT2D eigenvalue weighted by molar-refractivity contribution is 9.10. The monoisotopic (exact) mass is 460 g/mol. The fourth-order valence-corrected chi connectivity index (χ4v) is 4.61. The van der Waals surface area contributed by atoms with Crippen molar-refractivity contribution >= 4 is 27.5 Å². The lowest BCUT2D eigenvalue weighted by molar-refractivity contribution is 0.0340. The van der Waals surface area contributed by atoms with E-state index in [9.17, 15) is 5.26 Å². The summed E-state index contributed by atoms with van der Waals surface area (Å²) in [7, 11) is 1.62. The van der Waals surface area contributed by atoms with Gasteiger partial charge in [-0.15, -0.1) is 0 Å². The van der Waals surface area contributed by atoms with Gasteiger partial charge < -0.3 is 15.2 Å². The third-order valence-corrected chi connectivity index (χ3v) is 6.09. The number of halogens is 2. The SMILES string of the molecule is COc1ccc(C2C(C#N)=C(N)OC3NNC(c4ccc(Cl)cc4)C32)cc1Br. The summed E-state index contributed by atoms with van der Waals surface area (Å²) in [5.74, 6) is 0.518. The molecular weight excluding hydrogens is 444 g/mol. The standard InChI is InChI=1S/C20H18BrClN4O2/c1-27-15-7-4-11(8-14(15)21)16-13(9-23)19(24)28-20-17(16)18(25-26-20)10-2-5-12(22)6-3-10/h2-8,16-18,20,25-26H,24H2,1H3. The lowest BCUT2D eigenvalue weighted by Gasteiger charge is -2.36. The number of nitriles is 1. The molecule has 2 heterocycles. The van der Waals surface area contributed by atoms with Crippen LogP contribution < -0.4 is 21.3 Å². The maximum atomic E-state index is 9.81. The van der Waals surface area contributed by atoms with Crippen molar-refractivity contribution in [2.24, 2.45) is 11.7 Å². The largest absolute Gasteiger partial charge is 0.496 e. The van der Waals surface area contributed by atoms with Crippen molar-refractivity contribution in [3.63, 3.8) is 0 Å². The molecule has 0 saturated carbocycles. The summed E-state index contributed by atoms with van der Waals surface area (Å²) in [4.78, 5) is 0. The van der Waals surface area contributed by atoms with Crippen LogP contribution in [-0.4, -0.2) is 13.3 Å². The van der Waals surface area contributed by atoms with E-state index in [0.29, 0.717) is 10.6 Å². The average Bonchev–Trinajstić information content (AvgIpc) is 3.10. The van der Waals surface area contributed by atoms with Crippen LogP contribution in [0.4, 0.5) is 0 Å². The zero-order chi connectivity index (χ0) is 19.8. The first kappa shape index (κ1) is 19.1. The minimum atomic E-state index is -0.372. The van der Waals surface area contributed by atoms with E-state index in [0.717, 1.165) is 21.3 Å². The second kappa shape index (κ2) is 7.64. The fourth-order valence-electron chi connectivity index (χ4n) is 3.93. The third kappa shape index (κ3) is 3.23. The molecule has 0 aromatic heterocycles. The van der Waals surface area contributed by atoms with Crippen molar-refractivity contribution in [1.29, 1.82) is 5.26 Å². The summed E-state index contributed by atoms with van der Waals surface area (Å²) in [5, 5.41) is 10.5. The van der Waals surface area contributed by atoms with Crippen molar-refractivity contribution in [3.05, 3.63) is 74.5 Å². The number of allylic oxidation sites excluding steroid dienone is 1. The number of fused-ring (bicyclic) bond motifs is 1. The van der Waals surface area contributed by atoms with Crippen LogP contribution in [0.25, 0.3) is 0 Å². The maximum Gasteiger partial charge on any atom is 0.200 e. The van der Waals surface area contributed by atoms with E-state index >= 15 is 0 Å². The number of methoxy groups -OCH3 is 1. The van der Waals surface area contributed by atoms with Crippen LogP contribution >= 0.6 is 27.5 Å². The van der Waals surface area contributed by atoms with Crippen molar-refractivity contribution in [1.82, 2.24) is 10.9 Å². The molecule has 2 aliphatic heterocycles. The molecule has 144 valence electrons. The molecule has 28 heavy (non-hydrogen) atoms. The van der Waals surface area contributed by atoms with E-state index < -0.39 is 0 Å². The van der Waals surface area contributed by atoms with Gasteiger partial charge in [-0.1, -0.05) is 29.8 Å². The van der Waals surface area contributed by atoms with E-state index in [1.165, 1.54) is 0 Å². The van der Waals surface area contributed by atoms with Crippen molar-refractivity contribution < 1.29 is 9.47 Å². The number of rotatable bonds is 3. The Morgan fingerprint density at radius 2 is 1.89 bits per heavy atom. The number of nitrogens with one attached hydrogen (secondary N) is 2. The molecular formula is C20H18BrClN4O2. The topological polar surface area (TPSA) is 92.3 Å². The number of nitrogens with two attached hydrogens (primary N) is 1. The number of benzene rings is 2. The molecule has 0 spiro atoms. The van der Waals surface area contributed by atoms with Gasteiger partial charge in [0.25, 0.3) is 0 Å². The third-order valence-electron chi connectivity index (χ3n) is 5.22. The molecule has 4 unspecified atom stereocenters. The Balaban J connectivity index is 1.81. The second-order valence-electron chi connectivity index (χ2n) is 6.70. The molecule has 0 bridgehead atoms. The minimum absolute atomic E-state index is 0.0930. The first-order valence-corrected chi connectivity index (χ1v) is 9.87. The Morgan fingerprint density at radius 1 is 1.18 bits per heavy atom. The summed E-state index contributed by atoms with van der Waals surface area (Å²) < 4.78 is 12.0. The highest BCUT2D eigenvalue weighted by atomic mass is 79.9. The van der Waals surface area contributed by atoms with Gasteiger partial charge >= 0.3 is 0 Å². The minimum Gasteiger partial charge on any atom is -0.496 e. The quantitative estimate of drug-likeness (QED) is 0.645. The van der Waals surface area contributed by atoms with Crippen molar-refractivity contribution in [3.8, 4) is 11.8 Å². The van der Waals surface area contributed by atoms with Crippen LogP contribution in [-0.2, 0) is 4.74 Å². The van der Waals surface area contributed by atoms with E-state index in [2.05, 4.69) is 32.9 Å². The highest BCUT2D eigenvalue weighted by Crippen LogP contribution is 2.48. The molecule has 0 radical (unpaired) electrons. The fraction of sp³-hybridized carbons (Fsp3) is 0.250. The normalized spacial score (nSPS) is 26.4. The number of hydrogen-bond donors (Lipinski definition) is 3. The average molecular weight is 462 g/mol. The van der Waals surface area contributed by atoms with Crippen LogP contribution in [0.3, 0.4) is 0 Å². The molecule has 0 aliphatic carbocycles. The molecule has 1 saturated heterocycles. The van der Waals surface area contributed by atoms with Gasteiger partial charge in [0, 0.05) is 16.9 Å². The van der Waals surface area contributed by atoms with Gasteiger partial charge in [-0.2, -0.15) is 5.26 Å². The van der Waals surface area contributed by atoms with Gasteiger partial charge in [-0.05, 0) is 51.3 Å². The van der Waals surface area contributed by atoms with Gasteiger partial charge in [0.15, 0.2) is 6.23 Å². The van der Waals surface area contributed by atoms with Crippen LogP contribution in [0.2, 0.25) is 5.02 Å². The maximum absolute atomic E-state index is 9.81. The van der Waals surface area contributed by atoms with Crippen LogP contribution in [0.1, 0.15) is 23.1 Å². The predicted molar refractivity (Wildman–Crippen MR) is 109 cm³/mol. The molecule has 2 aromatic carbocycles. The summed E-state index contributed by atoms with van der Waals surface area (Å²) in [6.45, 7) is 0. The molecule has 8 heteroatoms. The first-order valence-electron chi connectivity index (χ1n) is 8.70. The summed E-state index contributed by atoms with van der Waals surface area (Å²) in [6, 6.07) is 15.6. The molecule has 6 nitrogen and oxygen atoms in total. The lowest BCUT2D eigenvalue weighted by Crippen LogP contribution is -2.41. The smallest absolute Gasteiger partial charge is 0.200 e. The zero-order valence-electron chi connectivity index (χ0n) is 14.9. The van der Waals surface area contributed by atoms with E-state index in [1.807, 2.05) is 42.5 Å². The van der Waals surface area contributed by atoms with E-state index in [4.69, 9.17) is 26.8 Å². The van der Waals surface area contributed by atoms with Crippen molar-refractivity contribution in [2.75, 3.05) is 7.11 Å². The summed E-state index contributed by atoms with van der Waals surface area (Å²) in [5.41, 5.74) is 15.0. The van der Waals surface area contributed by atoms with Crippen molar-refractivity contribution in [2.45, 2.75) is 18.2 Å². The van der Waals surface area contributed by atoms with E-state index in [1.54, 1.807) is 7.11 Å². The Hall–Kier alpha value is -2.24. The first-order chi connectivity index (χ1) is 13.5. The Kier molecular flexibility index (Phi) is 5.21. The molecule has 4 rings (SSSR count). The number of nitrogens with zero attached hydrogens (tertiary/aromatic N) is 1. The molecule has 2 aromatic rings. The second-order valence-corrected chi connectivity index (χ2v) is 7.99. The molecule has 2 aliphatic rings. The van der Waals surface area contributed by atoms with Gasteiger partial charge in [0.1, 0.15) is 11.8 Å². The predicted octanol–water partition coefficient (Wildman–Crippen LogP) is 3.71. The Labute approximate surface area is 176 Å². The van der Waals surface area contributed by atoms with Gasteiger partial charge in [0.2, 0.25) is 5.88 Å². The Bertz CT molecular complexity index is 973. The molecule has 4 N–H and O–H groups in total. The van der Waals surface area contributed by atoms with Crippen LogP contribution in [0, 0.1) is 17.2 Å². The summed E-state index contributed by atoms with van der Waals surface area (Å²) in [6.07, 6.45) is -0.372. The van der Waals surface area contributed by atoms with Crippen LogP contribution in [0.5, 0.6) is 5.75 Å². The molecule has 4 atom stereocenters. The van der Waals surface area contributed by atoms with Gasteiger partial charge in [-0.25, -0.2) is 10.9 Å². The Morgan fingerprint density at radius 3 is 2.54 bits per heavy atom. The number of hydrogen-bond acceptors (Lipinski definition) is 6. The highest BCUT2D eigenvalue weighted by Gasteiger charge is 2.49. The summed E-state index contributed by atoms with van der Waals surface area (Å²) >= 11 is 9.59. The lowest BCUT2D eigenvalue weighted by atomic mass is 9.74. The van der Waals surface area contributed by atoms with E-state index in [-0.39, 0.29) is 30.0 Å². The van der Waals surface area contributed by atoms with Gasteiger partial charge in [0.05, 0.1) is 23.2 Å². The molecule has 1 fully saturated rings. The number of ether oxygens (including phenoxy) is 2. The zero-order valence-corrected chi connectivity index (χ0v) is 17.3. The van der Waals surface area contributed by atoms with Crippen LogP contribution in [0.15, 0.2) is 58.4 Å².